The minimum absolute atomic E-state index is 0.215. The van der Waals surface area contributed by atoms with Gasteiger partial charge in [-0.1, -0.05) is 30.3 Å². The lowest BCUT2D eigenvalue weighted by atomic mass is 10.1. The van der Waals surface area contributed by atoms with Gasteiger partial charge in [0, 0.05) is 12.3 Å². The first-order valence-corrected chi connectivity index (χ1v) is 10.2. The molecule has 0 spiro atoms. The number of rotatable bonds is 7. The second kappa shape index (κ2) is 8.92. The lowest BCUT2D eigenvalue weighted by Crippen LogP contribution is -2.12. The molecule has 2 heterocycles. The Bertz CT molecular complexity index is 1210. The SMILES string of the molecule is Cc1ccc(OCc2ccc(C(=O)Nc3ccn(Cc4ccccc4C)n3)o2)cc1C. The van der Waals surface area contributed by atoms with Crippen molar-refractivity contribution < 1.29 is 13.9 Å². The van der Waals surface area contributed by atoms with Gasteiger partial charge in [-0.3, -0.25) is 9.48 Å². The predicted molar refractivity (Wildman–Crippen MR) is 119 cm³/mol. The molecule has 0 saturated heterocycles. The van der Waals surface area contributed by atoms with Crippen LogP contribution in [0.15, 0.2) is 71.3 Å². The molecule has 0 aliphatic rings. The van der Waals surface area contributed by atoms with Crippen LogP contribution in [0.4, 0.5) is 5.82 Å². The van der Waals surface area contributed by atoms with Gasteiger partial charge in [0.2, 0.25) is 0 Å². The molecule has 2 aromatic carbocycles. The van der Waals surface area contributed by atoms with Gasteiger partial charge in [-0.15, -0.1) is 0 Å². The molecule has 158 valence electrons. The second-order valence-electron chi connectivity index (χ2n) is 7.58. The number of ether oxygens (including phenoxy) is 1. The average Bonchev–Trinajstić information content (AvgIpc) is 3.40. The molecule has 31 heavy (non-hydrogen) atoms. The van der Waals surface area contributed by atoms with E-state index in [1.165, 1.54) is 22.3 Å². The molecule has 6 nitrogen and oxygen atoms in total. The highest BCUT2D eigenvalue weighted by Gasteiger charge is 2.13. The number of nitrogens with zero attached hydrogens (tertiary/aromatic N) is 2. The van der Waals surface area contributed by atoms with Crippen LogP contribution in [0.1, 0.15) is 38.6 Å². The van der Waals surface area contributed by atoms with E-state index >= 15 is 0 Å². The third-order valence-corrected chi connectivity index (χ3v) is 5.22. The number of hydrogen-bond acceptors (Lipinski definition) is 4. The molecule has 4 aromatic rings. The zero-order chi connectivity index (χ0) is 21.8. The summed E-state index contributed by atoms with van der Waals surface area (Å²) in [5, 5.41) is 7.20. The minimum Gasteiger partial charge on any atom is -0.486 e. The van der Waals surface area contributed by atoms with E-state index in [0.717, 1.165) is 5.75 Å². The van der Waals surface area contributed by atoms with Crippen molar-refractivity contribution in [3.05, 3.63) is 101 Å². The fourth-order valence-corrected chi connectivity index (χ4v) is 3.19. The van der Waals surface area contributed by atoms with Crippen molar-refractivity contribution in [2.75, 3.05) is 5.32 Å². The van der Waals surface area contributed by atoms with Crippen LogP contribution in [0.5, 0.6) is 5.75 Å². The molecule has 0 bridgehead atoms. The Morgan fingerprint density at radius 1 is 1.00 bits per heavy atom. The molecule has 0 atom stereocenters. The Kier molecular flexibility index (Phi) is 5.89. The molecular weight excluding hydrogens is 390 g/mol. The van der Waals surface area contributed by atoms with Gasteiger partial charge in [-0.05, 0) is 67.3 Å². The molecule has 1 N–H and O–H groups in total. The number of nitrogens with one attached hydrogen (secondary N) is 1. The third-order valence-electron chi connectivity index (χ3n) is 5.22. The quantitative estimate of drug-likeness (QED) is 0.446. The number of hydrogen-bond donors (Lipinski definition) is 1. The minimum atomic E-state index is -0.349. The van der Waals surface area contributed by atoms with Gasteiger partial charge in [-0.25, -0.2) is 0 Å². The van der Waals surface area contributed by atoms with Crippen LogP contribution >= 0.6 is 0 Å². The monoisotopic (exact) mass is 415 g/mol. The number of aromatic nitrogens is 2. The first-order valence-electron chi connectivity index (χ1n) is 10.2. The van der Waals surface area contributed by atoms with Gasteiger partial charge in [0.05, 0.1) is 6.54 Å². The summed E-state index contributed by atoms with van der Waals surface area (Å²) in [5.41, 5.74) is 4.77. The van der Waals surface area contributed by atoms with Crippen LogP contribution in [0, 0.1) is 20.8 Å². The number of carbonyl (C=O) groups excluding carboxylic acids is 1. The Hall–Kier alpha value is -3.80. The van der Waals surface area contributed by atoms with Crippen LogP contribution in [-0.4, -0.2) is 15.7 Å². The molecule has 0 aliphatic carbocycles. The smallest absolute Gasteiger partial charge is 0.292 e. The van der Waals surface area contributed by atoms with Crippen molar-refractivity contribution in [2.24, 2.45) is 0 Å². The molecule has 0 fully saturated rings. The highest BCUT2D eigenvalue weighted by atomic mass is 16.5. The number of carbonyl (C=O) groups is 1. The average molecular weight is 415 g/mol. The van der Waals surface area contributed by atoms with Crippen LogP contribution in [0.3, 0.4) is 0 Å². The van der Waals surface area contributed by atoms with Crippen molar-refractivity contribution in [3.8, 4) is 5.75 Å². The number of benzene rings is 2. The Labute approximate surface area is 181 Å². The molecule has 0 saturated carbocycles. The van der Waals surface area contributed by atoms with E-state index in [1.807, 2.05) is 43.5 Å². The number of amides is 1. The second-order valence-corrected chi connectivity index (χ2v) is 7.58. The van der Waals surface area contributed by atoms with Gasteiger partial charge in [0.25, 0.3) is 5.91 Å². The van der Waals surface area contributed by atoms with Crippen LogP contribution < -0.4 is 10.1 Å². The van der Waals surface area contributed by atoms with Crippen LogP contribution in [0.25, 0.3) is 0 Å². The largest absolute Gasteiger partial charge is 0.486 e. The molecule has 1 amide bonds. The highest BCUT2D eigenvalue weighted by molar-refractivity contribution is 6.01. The lowest BCUT2D eigenvalue weighted by Gasteiger charge is -2.07. The molecule has 4 rings (SSSR count). The number of aryl methyl sites for hydroxylation is 3. The standard InChI is InChI=1S/C25H25N3O3/c1-17-8-9-21(14-19(17)3)30-16-22-10-11-23(31-22)25(29)26-24-12-13-28(27-24)15-20-7-5-4-6-18(20)2/h4-14H,15-16H2,1-3H3,(H,26,27,29). The summed E-state index contributed by atoms with van der Waals surface area (Å²) in [7, 11) is 0. The highest BCUT2D eigenvalue weighted by Crippen LogP contribution is 2.19. The topological polar surface area (TPSA) is 69.3 Å². The van der Waals surface area contributed by atoms with E-state index in [4.69, 9.17) is 9.15 Å². The van der Waals surface area contributed by atoms with Crippen molar-refractivity contribution in [3.63, 3.8) is 0 Å². The molecule has 6 heteroatoms. The summed E-state index contributed by atoms with van der Waals surface area (Å²) < 4.78 is 13.2. The lowest BCUT2D eigenvalue weighted by molar-refractivity contribution is 0.0992. The number of anilines is 1. The summed E-state index contributed by atoms with van der Waals surface area (Å²) in [6.45, 7) is 7.06. The summed E-state index contributed by atoms with van der Waals surface area (Å²) >= 11 is 0. The van der Waals surface area contributed by atoms with E-state index < -0.39 is 0 Å². The van der Waals surface area contributed by atoms with Crippen molar-refractivity contribution in [2.45, 2.75) is 33.9 Å². The predicted octanol–water partition coefficient (Wildman–Crippen LogP) is 5.28. The van der Waals surface area contributed by atoms with E-state index in [2.05, 4.69) is 36.4 Å². The fourth-order valence-electron chi connectivity index (χ4n) is 3.19. The molecule has 0 aliphatic heterocycles. The maximum Gasteiger partial charge on any atom is 0.292 e. The Balaban J connectivity index is 1.34. The molecule has 0 radical (unpaired) electrons. The van der Waals surface area contributed by atoms with Crippen molar-refractivity contribution in [1.82, 2.24) is 9.78 Å². The first-order chi connectivity index (χ1) is 15.0. The Morgan fingerprint density at radius 3 is 2.65 bits per heavy atom. The normalized spacial score (nSPS) is 10.8. The third kappa shape index (κ3) is 5.04. The van der Waals surface area contributed by atoms with E-state index in [1.54, 1.807) is 22.9 Å². The summed E-state index contributed by atoms with van der Waals surface area (Å²) in [4.78, 5) is 12.5. The fraction of sp³-hybridized carbons (Fsp3) is 0.200. The van der Waals surface area contributed by atoms with E-state index in [0.29, 0.717) is 18.1 Å². The zero-order valence-corrected chi connectivity index (χ0v) is 17.9. The van der Waals surface area contributed by atoms with E-state index in [-0.39, 0.29) is 18.3 Å². The van der Waals surface area contributed by atoms with E-state index in [9.17, 15) is 4.79 Å². The van der Waals surface area contributed by atoms with Gasteiger partial charge in [0.15, 0.2) is 11.6 Å². The summed E-state index contributed by atoms with van der Waals surface area (Å²) in [5.74, 6) is 1.69. The summed E-state index contributed by atoms with van der Waals surface area (Å²) in [6.07, 6.45) is 1.84. The molecular formula is C25H25N3O3. The van der Waals surface area contributed by atoms with Gasteiger partial charge >= 0.3 is 0 Å². The summed E-state index contributed by atoms with van der Waals surface area (Å²) in [6, 6.07) is 19.2. The van der Waals surface area contributed by atoms with Gasteiger partial charge < -0.3 is 14.5 Å². The van der Waals surface area contributed by atoms with Crippen LogP contribution in [0.2, 0.25) is 0 Å². The van der Waals surface area contributed by atoms with Gasteiger partial charge in [-0.2, -0.15) is 5.10 Å². The van der Waals surface area contributed by atoms with Gasteiger partial charge in [0.1, 0.15) is 18.1 Å². The first kappa shape index (κ1) is 20.5. The van der Waals surface area contributed by atoms with Crippen LogP contribution in [-0.2, 0) is 13.2 Å². The zero-order valence-electron chi connectivity index (χ0n) is 17.9. The Morgan fingerprint density at radius 2 is 1.84 bits per heavy atom. The number of furan rings is 1. The maximum atomic E-state index is 12.5. The molecule has 0 unspecified atom stereocenters. The molecule has 2 aromatic heterocycles. The van der Waals surface area contributed by atoms with Crippen molar-refractivity contribution >= 4 is 11.7 Å². The van der Waals surface area contributed by atoms with Crippen molar-refractivity contribution in [1.29, 1.82) is 0 Å². The maximum absolute atomic E-state index is 12.5.